The summed E-state index contributed by atoms with van der Waals surface area (Å²) in [5.74, 6) is -0.396. The zero-order valence-electron chi connectivity index (χ0n) is 9.95. The predicted molar refractivity (Wildman–Crippen MR) is 65.1 cm³/mol. The molecule has 0 aromatic carbocycles. The van der Waals surface area contributed by atoms with E-state index in [1.807, 2.05) is 0 Å². The summed E-state index contributed by atoms with van der Waals surface area (Å²) >= 11 is 0. The van der Waals surface area contributed by atoms with E-state index in [2.05, 4.69) is 15.6 Å². The minimum absolute atomic E-state index is 0.287. The van der Waals surface area contributed by atoms with E-state index in [-0.39, 0.29) is 12.4 Å². The number of urea groups is 1. The van der Waals surface area contributed by atoms with E-state index >= 15 is 0 Å². The van der Waals surface area contributed by atoms with Crippen molar-refractivity contribution >= 4 is 22.6 Å². The van der Waals surface area contributed by atoms with Gasteiger partial charge < -0.3 is 5.32 Å². The quantitative estimate of drug-likeness (QED) is 0.889. The van der Waals surface area contributed by atoms with Crippen LogP contribution in [-0.4, -0.2) is 33.0 Å². The Morgan fingerprint density at radius 1 is 1.42 bits per heavy atom. The van der Waals surface area contributed by atoms with Gasteiger partial charge in [0.25, 0.3) is 0 Å². The molecule has 5 nitrogen and oxygen atoms in total. The average molecular weight is 295 g/mol. The summed E-state index contributed by atoms with van der Waals surface area (Å²) in [6, 6.07) is 4.25. The molecule has 0 aliphatic carbocycles. The molecule has 1 rings (SSSR count). The van der Waals surface area contributed by atoms with Gasteiger partial charge >= 0.3 is 11.5 Å². The maximum absolute atomic E-state index is 11.9. The fourth-order valence-corrected chi connectivity index (χ4v) is 1.67. The van der Waals surface area contributed by atoms with Crippen molar-refractivity contribution in [1.82, 2.24) is 10.3 Å². The number of carbonyl (C=O) groups is 1. The van der Waals surface area contributed by atoms with Crippen LogP contribution in [0.25, 0.3) is 0 Å². The zero-order valence-corrected chi connectivity index (χ0v) is 10.8. The molecule has 0 aliphatic rings. The van der Waals surface area contributed by atoms with Gasteiger partial charge in [-0.3, -0.25) is 9.53 Å². The predicted octanol–water partition coefficient (Wildman–Crippen LogP) is 1.78. The second-order valence-electron chi connectivity index (χ2n) is 3.54. The summed E-state index contributed by atoms with van der Waals surface area (Å²) in [6.45, 7) is 1.39. The maximum atomic E-state index is 11.9. The first-order valence-electron chi connectivity index (χ1n) is 5.23. The number of anilines is 1. The van der Waals surface area contributed by atoms with Crippen LogP contribution in [0.2, 0.25) is 0 Å². The van der Waals surface area contributed by atoms with E-state index in [4.69, 9.17) is 0 Å². The van der Waals surface area contributed by atoms with Crippen LogP contribution in [0.1, 0.15) is 5.69 Å². The molecule has 0 fully saturated rings. The van der Waals surface area contributed by atoms with E-state index < -0.39 is 28.1 Å². The number of alkyl halides is 3. The fraction of sp³-hybridized carbons (Fsp3) is 0.400. The van der Waals surface area contributed by atoms with E-state index in [0.29, 0.717) is 5.69 Å². The molecular weight excluding hydrogens is 283 g/mol. The summed E-state index contributed by atoms with van der Waals surface area (Å²) in [6.07, 6.45) is 0. The van der Waals surface area contributed by atoms with Crippen LogP contribution >= 0.6 is 0 Å². The Bertz CT molecular complexity index is 479. The molecule has 1 aromatic rings. The highest BCUT2D eigenvalue weighted by Crippen LogP contribution is 2.19. The van der Waals surface area contributed by atoms with E-state index in [9.17, 15) is 22.2 Å². The molecule has 0 unspecified atom stereocenters. The van der Waals surface area contributed by atoms with Crippen molar-refractivity contribution in [2.45, 2.75) is 12.4 Å². The van der Waals surface area contributed by atoms with Gasteiger partial charge in [0.1, 0.15) is 16.6 Å². The Morgan fingerprint density at radius 2 is 2.11 bits per heavy atom. The lowest BCUT2D eigenvalue weighted by Gasteiger charge is -2.08. The minimum Gasteiger partial charge on any atom is -0.337 e. The van der Waals surface area contributed by atoms with Gasteiger partial charge in [-0.2, -0.15) is 13.2 Å². The second-order valence-corrected chi connectivity index (χ2v) is 5.10. The third-order valence-electron chi connectivity index (χ3n) is 1.96. The Morgan fingerprint density at radius 3 is 2.68 bits per heavy atom. The number of halogens is 3. The van der Waals surface area contributed by atoms with Crippen molar-refractivity contribution in [3.05, 3.63) is 23.9 Å². The maximum Gasteiger partial charge on any atom is 0.471 e. The van der Waals surface area contributed by atoms with Crippen molar-refractivity contribution in [3.8, 4) is 0 Å². The third kappa shape index (κ3) is 5.69. The molecule has 19 heavy (non-hydrogen) atoms. The topological polar surface area (TPSA) is 71.1 Å². The number of aryl methyl sites for hydroxylation is 1. The molecule has 2 N–H and O–H groups in total. The smallest absolute Gasteiger partial charge is 0.337 e. The molecular formula is C10H12F3N3O2S. The highest BCUT2D eigenvalue weighted by atomic mass is 32.2. The van der Waals surface area contributed by atoms with Gasteiger partial charge in [0.05, 0.1) is 0 Å². The standard InChI is InChI=1S/C10H12F3N3O2S/c1-7-3-2-4-8(15-7)16-9(17)14-5-6-19(18)10(11,12)13/h2-4H,5-6H2,1H3,(H2,14,15,16,17)/t19-/m0/s1. The van der Waals surface area contributed by atoms with Gasteiger partial charge in [0, 0.05) is 18.0 Å². The number of pyridine rings is 1. The monoisotopic (exact) mass is 295 g/mol. The largest absolute Gasteiger partial charge is 0.471 e. The highest BCUT2D eigenvalue weighted by Gasteiger charge is 2.36. The summed E-state index contributed by atoms with van der Waals surface area (Å²) in [5, 5.41) is 4.52. The van der Waals surface area contributed by atoms with Crippen molar-refractivity contribution in [2.75, 3.05) is 17.6 Å². The minimum atomic E-state index is -4.75. The first kappa shape index (κ1) is 15.4. The van der Waals surface area contributed by atoms with Crippen LogP contribution in [0.4, 0.5) is 23.8 Å². The summed E-state index contributed by atoms with van der Waals surface area (Å²) in [5.41, 5.74) is -4.06. The van der Waals surface area contributed by atoms with Gasteiger partial charge in [-0.05, 0) is 19.1 Å². The number of aromatic nitrogens is 1. The molecule has 0 spiro atoms. The Balaban J connectivity index is 2.35. The summed E-state index contributed by atoms with van der Waals surface area (Å²) in [7, 11) is -2.96. The van der Waals surface area contributed by atoms with Crippen LogP contribution in [-0.2, 0) is 10.8 Å². The lowest BCUT2D eigenvalue weighted by atomic mass is 10.4. The number of hydrogen-bond acceptors (Lipinski definition) is 3. The van der Waals surface area contributed by atoms with Crippen molar-refractivity contribution in [2.24, 2.45) is 0 Å². The van der Waals surface area contributed by atoms with Crippen molar-refractivity contribution in [3.63, 3.8) is 0 Å². The van der Waals surface area contributed by atoms with Gasteiger partial charge in [-0.25, -0.2) is 9.78 Å². The molecule has 0 aliphatic heterocycles. The highest BCUT2D eigenvalue weighted by molar-refractivity contribution is 7.85. The zero-order chi connectivity index (χ0) is 14.5. The number of nitrogens with one attached hydrogen (secondary N) is 2. The van der Waals surface area contributed by atoms with Crippen LogP contribution in [0, 0.1) is 6.92 Å². The third-order valence-corrected chi connectivity index (χ3v) is 3.05. The SMILES string of the molecule is Cc1cccc(NC(=O)NCC[S@](=O)C(F)(F)F)n1. The van der Waals surface area contributed by atoms with E-state index in [1.54, 1.807) is 25.1 Å². The van der Waals surface area contributed by atoms with Crippen LogP contribution in [0.15, 0.2) is 18.2 Å². The Labute approximate surface area is 110 Å². The van der Waals surface area contributed by atoms with Crippen molar-refractivity contribution in [1.29, 1.82) is 0 Å². The van der Waals surface area contributed by atoms with Crippen LogP contribution in [0.3, 0.4) is 0 Å². The molecule has 0 saturated carbocycles. The van der Waals surface area contributed by atoms with Gasteiger partial charge in [0.15, 0.2) is 0 Å². The number of hydrogen-bond donors (Lipinski definition) is 2. The van der Waals surface area contributed by atoms with E-state index in [1.165, 1.54) is 0 Å². The molecule has 2 amide bonds. The number of rotatable bonds is 4. The number of carbonyl (C=O) groups excluding carboxylic acids is 1. The van der Waals surface area contributed by atoms with E-state index in [0.717, 1.165) is 0 Å². The molecule has 1 aromatic heterocycles. The Kier molecular flexibility index (Phi) is 5.28. The lowest BCUT2D eigenvalue weighted by molar-refractivity contribution is -0.0383. The summed E-state index contributed by atoms with van der Waals surface area (Å²) < 4.78 is 46.4. The van der Waals surface area contributed by atoms with Gasteiger partial charge in [-0.15, -0.1) is 0 Å². The molecule has 1 atom stereocenters. The lowest BCUT2D eigenvalue weighted by Crippen LogP contribution is -2.34. The van der Waals surface area contributed by atoms with Crippen LogP contribution < -0.4 is 10.6 Å². The number of nitrogens with zero attached hydrogens (tertiary/aromatic N) is 1. The van der Waals surface area contributed by atoms with Gasteiger partial charge in [-0.1, -0.05) is 6.07 Å². The molecule has 0 bridgehead atoms. The van der Waals surface area contributed by atoms with Crippen molar-refractivity contribution < 1.29 is 22.2 Å². The van der Waals surface area contributed by atoms with Crippen LogP contribution in [0.5, 0.6) is 0 Å². The number of amides is 2. The average Bonchev–Trinajstić information content (AvgIpc) is 2.27. The van der Waals surface area contributed by atoms with Gasteiger partial charge in [0.2, 0.25) is 0 Å². The Hall–Kier alpha value is -1.64. The molecule has 0 radical (unpaired) electrons. The molecule has 0 saturated heterocycles. The molecule has 1 heterocycles. The normalized spacial score (nSPS) is 12.8. The molecule has 9 heteroatoms. The second kappa shape index (κ2) is 6.50. The molecule has 106 valence electrons. The first-order valence-corrected chi connectivity index (χ1v) is 6.54. The first-order chi connectivity index (χ1) is 8.79. The summed E-state index contributed by atoms with van der Waals surface area (Å²) in [4.78, 5) is 15.3. The fourth-order valence-electron chi connectivity index (χ4n) is 1.15.